The van der Waals surface area contributed by atoms with Gasteiger partial charge in [-0.15, -0.1) is 0 Å². The third kappa shape index (κ3) is 2.65. The first-order chi connectivity index (χ1) is 7.36. The van der Waals surface area contributed by atoms with Gasteiger partial charge in [0.25, 0.3) is 0 Å². The van der Waals surface area contributed by atoms with E-state index in [1.165, 1.54) is 0 Å². The average molecular weight is 203 g/mol. The Hall–Kier alpha value is -1.64. The number of carbonyl (C=O) groups excluding carboxylic acids is 1. The number of nitrogens with zero attached hydrogens (tertiary/aromatic N) is 1. The molecule has 1 aliphatic rings. The van der Waals surface area contributed by atoms with Gasteiger partial charge in [-0.2, -0.15) is 0 Å². The summed E-state index contributed by atoms with van der Waals surface area (Å²) in [6.07, 6.45) is 4.23. The highest BCUT2D eigenvalue weighted by atomic mass is 16.7. The van der Waals surface area contributed by atoms with Gasteiger partial charge in [0.2, 0.25) is 0 Å². The molecule has 0 amide bonds. The van der Waals surface area contributed by atoms with E-state index in [0.29, 0.717) is 5.56 Å². The van der Waals surface area contributed by atoms with E-state index in [9.17, 15) is 4.79 Å². The monoisotopic (exact) mass is 203 g/mol. The van der Waals surface area contributed by atoms with Gasteiger partial charge in [0.05, 0.1) is 11.3 Å². The molecular weight excluding hydrogens is 190 g/mol. The van der Waals surface area contributed by atoms with Gasteiger partial charge in [-0.05, 0) is 37.8 Å². The zero-order chi connectivity index (χ0) is 10.5. The molecule has 2 rings (SSSR count). The van der Waals surface area contributed by atoms with Crippen molar-refractivity contribution in [3.8, 4) is 0 Å². The van der Waals surface area contributed by atoms with Crippen molar-refractivity contribution in [2.24, 2.45) is 5.16 Å². The molecule has 1 fully saturated rings. The summed E-state index contributed by atoms with van der Waals surface area (Å²) in [5.41, 5.74) is 1.54. The molecule has 0 unspecified atom stereocenters. The minimum Gasteiger partial charge on any atom is -0.313 e. The molecule has 1 aromatic carbocycles. The summed E-state index contributed by atoms with van der Waals surface area (Å²) in [4.78, 5) is 16.3. The van der Waals surface area contributed by atoms with Gasteiger partial charge in [0.15, 0.2) is 0 Å². The van der Waals surface area contributed by atoms with E-state index in [1.54, 1.807) is 24.3 Å². The maximum absolute atomic E-state index is 11.5. The van der Waals surface area contributed by atoms with Crippen molar-refractivity contribution in [1.82, 2.24) is 0 Å². The van der Waals surface area contributed by atoms with Crippen LogP contribution in [0.5, 0.6) is 0 Å². The fourth-order valence-corrected chi connectivity index (χ4v) is 1.61. The zero-order valence-corrected chi connectivity index (χ0v) is 8.48. The first-order valence-electron chi connectivity index (χ1n) is 5.18. The molecule has 0 aromatic heterocycles. The topological polar surface area (TPSA) is 38.7 Å². The Morgan fingerprint density at radius 3 is 2.47 bits per heavy atom. The summed E-state index contributed by atoms with van der Waals surface area (Å²) in [5.74, 6) is -0.380. The fourth-order valence-electron chi connectivity index (χ4n) is 1.61. The highest BCUT2D eigenvalue weighted by Crippen LogP contribution is 2.15. The molecule has 0 heterocycles. The summed E-state index contributed by atoms with van der Waals surface area (Å²) in [6, 6.07) is 8.91. The maximum atomic E-state index is 11.5. The molecule has 1 aromatic rings. The predicted molar refractivity (Wildman–Crippen MR) is 57.8 cm³/mol. The van der Waals surface area contributed by atoms with Gasteiger partial charge >= 0.3 is 5.97 Å². The van der Waals surface area contributed by atoms with E-state index in [1.807, 2.05) is 6.07 Å². The van der Waals surface area contributed by atoms with E-state index < -0.39 is 0 Å². The number of hydrogen-bond acceptors (Lipinski definition) is 3. The second kappa shape index (κ2) is 4.73. The van der Waals surface area contributed by atoms with Crippen LogP contribution in [0.2, 0.25) is 0 Å². The number of rotatable bonds is 2. The van der Waals surface area contributed by atoms with Gasteiger partial charge in [-0.3, -0.25) is 0 Å². The fraction of sp³-hybridized carbons (Fsp3) is 0.333. The van der Waals surface area contributed by atoms with E-state index in [0.717, 1.165) is 31.4 Å². The molecule has 0 atom stereocenters. The Morgan fingerprint density at radius 1 is 1.13 bits per heavy atom. The number of oxime groups is 1. The Morgan fingerprint density at radius 2 is 1.80 bits per heavy atom. The lowest BCUT2D eigenvalue weighted by Gasteiger charge is -1.98. The second-order valence-corrected chi connectivity index (χ2v) is 3.61. The molecule has 0 N–H and O–H groups in total. The molecule has 3 heteroatoms. The molecule has 1 aliphatic carbocycles. The summed E-state index contributed by atoms with van der Waals surface area (Å²) in [6.45, 7) is 0. The van der Waals surface area contributed by atoms with E-state index in [2.05, 4.69) is 5.16 Å². The van der Waals surface area contributed by atoms with Gasteiger partial charge in [0.1, 0.15) is 0 Å². The average Bonchev–Trinajstić information content (AvgIpc) is 2.80. The van der Waals surface area contributed by atoms with Crippen LogP contribution in [0, 0.1) is 0 Å². The summed E-state index contributed by atoms with van der Waals surface area (Å²) >= 11 is 0. The molecule has 0 spiro atoms. The highest BCUT2D eigenvalue weighted by Gasteiger charge is 2.10. The van der Waals surface area contributed by atoms with Crippen LogP contribution in [-0.4, -0.2) is 11.7 Å². The largest absolute Gasteiger partial charge is 0.365 e. The third-order valence-corrected chi connectivity index (χ3v) is 2.45. The molecular formula is C12H13NO2. The van der Waals surface area contributed by atoms with E-state index >= 15 is 0 Å². The van der Waals surface area contributed by atoms with Crippen LogP contribution in [0.1, 0.15) is 36.0 Å². The minimum atomic E-state index is -0.380. The standard InChI is InChI=1S/C12H13NO2/c14-12(10-6-2-1-3-7-10)15-13-11-8-4-5-9-11/h1-3,6-7H,4-5,8-9H2. The van der Waals surface area contributed by atoms with Crippen LogP contribution in [-0.2, 0) is 4.84 Å². The Labute approximate surface area is 88.7 Å². The normalized spacial score (nSPS) is 15.1. The Balaban J connectivity index is 1.95. The van der Waals surface area contributed by atoms with E-state index in [-0.39, 0.29) is 5.97 Å². The molecule has 1 saturated carbocycles. The third-order valence-electron chi connectivity index (χ3n) is 2.45. The first kappa shape index (κ1) is 9.90. The highest BCUT2D eigenvalue weighted by molar-refractivity contribution is 5.91. The van der Waals surface area contributed by atoms with Crippen LogP contribution in [0.15, 0.2) is 35.5 Å². The van der Waals surface area contributed by atoms with Gasteiger partial charge in [-0.1, -0.05) is 23.4 Å². The molecule has 0 radical (unpaired) electrons. The summed E-state index contributed by atoms with van der Waals surface area (Å²) in [5, 5.41) is 3.87. The van der Waals surface area contributed by atoms with E-state index in [4.69, 9.17) is 4.84 Å². The first-order valence-corrected chi connectivity index (χ1v) is 5.18. The second-order valence-electron chi connectivity index (χ2n) is 3.61. The van der Waals surface area contributed by atoms with Crippen molar-refractivity contribution in [2.45, 2.75) is 25.7 Å². The Bertz CT molecular complexity index is 362. The van der Waals surface area contributed by atoms with Crippen molar-refractivity contribution in [2.75, 3.05) is 0 Å². The van der Waals surface area contributed by atoms with Gasteiger partial charge in [-0.25, -0.2) is 4.79 Å². The van der Waals surface area contributed by atoms with Crippen molar-refractivity contribution >= 4 is 11.7 Å². The predicted octanol–water partition coefficient (Wildman–Crippen LogP) is 2.77. The lowest BCUT2D eigenvalue weighted by atomic mass is 10.2. The van der Waals surface area contributed by atoms with Crippen molar-refractivity contribution in [1.29, 1.82) is 0 Å². The lowest BCUT2D eigenvalue weighted by Crippen LogP contribution is -2.02. The number of hydrogen-bond donors (Lipinski definition) is 0. The van der Waals surface area contributed by atoms with Crippen molar-refractivity contribution in [3.05, 3.63) is 35.9 Å². The summed E-state index contributed by atoms with van der Waals surface area (Å²) in [7, 11) is 0. The Kier molecular flexibility index (Phi) is 3.12. The van der Waals surface area contributed by atoms with Crippen molar-refractivity contribution < 1.29 is 9.63 Å². The number of benzene rings is 1. The van der Waals surface area contributed by atoms with Gasteiger partial charge in [0, 0.05) is 0 Å². The molecule has 3 nitrogen and oxygen atoms in total. The molecule has 0 bridgehead atoms. The molecule has 0 aliphatic heterocycles. The lowest BCUT2D eigenvalue weighted by molar-refractivity contribution is 0.0515. The van der Waals surface area contributed by atoms with Crippen LogP contribution >= 0.6 is 0 Å². The smallest absolute Gasteiger partial charge is 0.313 e. The minimum absolute atomic E-state index is 0.380. The van der Waals surface area contributed by atoms with Crippen LogP contribution in [0.4, 0.5) is 0 Å². The van der Waals surface area contributed by atoms with Crippen molar-refractivity contribution in [3.63, 3.8) is 0 Å². The van der Waals surface area contributed by atoms with Gasteiger partial charge < -0.3 is 4.84 Å². The molecule has 0 saturated heterocycles. The maximum Gasteiger partial charge on any atom is 0.365 e. The molecule has 78 valence electrons. The summed E-state index contributed by atoms with van der Waals surface area (Å²) < 4.78 is 0. The quantitative estimate of drug-likeness (QED) is 0.547. The van der Waals surface area contributed by atoms with Crippen LogP contribution in [0.25, 0.3) is 0 Å². The zero-order valence-electron chi connectivity index (χ0n) is 8.48. The van der Waals surface area contributed by atoms with Crippen LogP contribution in [0.3, 0.4) is 0 Å². The number of carbonyl (C=O) groups is 1. The molecule has 15 heavy (non-hydrogen) atoms. The van der Waals surface area contributed by atoms with Crippen LogP contribution < -0.4 is 0 Å². The SMILES string of the molecule is O=C(ON=C1CCCC1)c1ccccc1.